The molecule has 0 saturated heterocycles. The van der Waals surface area contributed by atoms with Gasteiger partial charge in [-0.1, -0.05) is 39.8 Å². The Kier molecular flexibility index (Phi) is 6.32. The van der Waals surface area contributed by atoms with Gasteiger partial charge in [0, 0.05) is 12.6 Å². The van der Waals surface area contributed by atoms with Crippen molar-refractivity contribution in [2.75, 3.05) is 6.61 Å². The second kappa shape index (κ2) is 7.51. The van der Waals surface area contributed by atoms with Gasteiger partial charge in [-0.05, 0) is 30.5 Å². The van der Waals surface area contributed by atoms with Gasteiger partial charge < -0.3 is 15.2 Å². The molecule has 3 nitrogen and oxygen atoms in total. The lowest BCUT2D eigenvalue weighted by molar-refractivity contribution is -0.0113. The Labute approximate surface area is 117 Å². The van der Waals surface area contributed by atoms with Crippen molar-refractivity contribution >= 4 is 0 Å². The molecular weight excluding hydrogens is 238 g/mol. The summed E-state index contributed by atoms with van der Waals surface area (Å²) in [5.41, 5.74) is 0.481. The lowest BCUT2D eigenvalue weighted by Gasteiger charge is -2.25. The van der Waals surface area contributed by atoms with E-state index in [1.807, 2.05) is 32.0 Å². The number of hydrogen-bond acceptors (Lipinski definition) is 3. The number of hydrogen-bond donors (Lipinski definition) is 2. The predicted octanol–water partition coefficient (Wildman–Crippen LogP) is 3.11. The average Bonchev–Trinajstić information content (AvgIpc) is 2.43. The van der Waals surface area contributed by atoms with Crippen molar-refractivity contribution in [3.8, 4) is 5.75 Å². The van der Waals surface area contributed by atoms with Crippen LogP contribution in [0.1, 0.15) is 46.1 Å². The van der Waals surface area contributed by atoms with E-state index in [-0.39, 0.29) is 0 Å². The summed E-state index contributed by atoms with van der Waals surface area (Å²) in [6.45, 7) is 9.40. The number of aliphatic hydroxyl groups is 1. The Morgan fingerprint density at radius 3 is 2.53 bits per heavy atom. The van der Waals surface area contributed by atoms with Crippen LogP contribution in [0.3, 0.4) is 0 Å². The first kappa shape index (κ1) is 16.0. The number of nitrogens with one attached hydrogen (secondary N) is 1. The fraction of sp³-hybridized carbons (Fsp3) is 0.625. The van der Waals surface area contributed by atoms with E-state index in [0.29, 0.717) is 25.5 Å². The molecule has 0 radical (unpaired) electrons. The molecule has 0 fully saturated rings. The molecule has 0 saturated carbocycles. The first-order valence-corrected chi connectivity index (χ1v) is 7.16. The van der Waals surface area contributed by atoms with E-state index >= 15 is 0 Å². The van der Waals surface area contributed by atoms with Gasteiger partial charge in [0.15, 0.2) is 0 Å². The summed E-state index contributed by atoms with van der Waals surface area (Å²) in [6, 6.07) is 8.50. The van der Waals surface area contributed by atoms with E-state index < -0.39 is 5.60 Å². The van der Waals surface area contributed by atoms with Crippen molar-refractivity contribution in [2.45, 2.75) is 58.7 Å². The molecular formula is C16H27NO2. The lowest BCUT2D eigenvalue weighted by atomic mass is 9.99. The Bertz CT molecular complexity index is 373. The minimum Gasteiger partial charge on any atom is -0.491 e. The summed E-state index contributed by atoms with van der Waals surface area (Å²) in [4.78, 5) is 0. The van der Waals surface area contributed by atoms with Gasteiger partial charge in [0.05, 0.1) is 5.60 Å². The second-order valence-electron chi connectivity index (χ2n) is 5.40. The zero-order valence-electron chi connectivity index (χ0n) is 12.6. The Morgan fingerprint density at radius 1 is 1.26 bits per heavy atom. The van der Waals surface area contributed by atoms with Crippen molar-refractivity contribution in [1.29, 1.82) is 0 Å². The van der Waals surface area contributed by atoms with Crippen molar-refractivity contribution in [3.63, 3.8) is 0 Å². The first-order chi connectivity index (χ1) is 8.99. The van der Waals surface area contributed by atoms with Crippen LogP contribution in [-0.2, 0) is 6.54 Å². The van der Waals surface area contributed by atoms with Gasteiger partial charge in [-0.25, -0.2) is 0 Å². The quantitative estimate of drug-likeness (QED) is 0.759. The third-order valence-electron chi connectivity index (χ3n) is 3.44. The summed E-state index contributed by atoms with van der Waals surface area (Å²) in [6.07, 6.45) is 1.41. The van der Waals surface area contributed by atoms with Gasteiger partial charge in [0.25, 0.3) is 0 Å². The van der Waals surface area contributed by atoms with E-state index in [0.717, 1.165) is 12.3 Å². The van der Waals surface area contributed by atoms with Crippen LogP contribution in [-0.4, -0.2) is 23.4 Å². The topological polar surface area (TPSA) is 41.5 Å². The van der Waals surface area contributed by atoms with Gasteiger partial charge in [-0.3, -0.25) is 0 Å². The second-order valence-corrected chi connectivity index (χ2v) is 5.40. The first-order valence-electron chi connectivity index (χ1n) is 7.16. The highest BCUT2D eigenvalue weighted by molar-refractivity contribution is 5.28. The van der Waals surface area contributed by atoms with E-state index in [9.17, 15) is 5.11 Å². The molecule has 108 valence electrons. The highest BCUT2D eigenvalue weighted by Crippen LogP contribution is 2.19. The van der Waals surface area contributed by atoms with Gasteiger partial charge in [-0.2, -0.15) is 0 Å². The molecule has 0 aliphatic rings. The Hall–Kier alpha value is -1.06. The molecule has 0 aromatic heterocycles. The standard InChI is InChI=1S/C16H27NO2/c1-5-16(18,6-2)12-19-15-9-7-8-14(10-15)11-17-13(3)4/h7-10,13,17-18H,5-6,11-12H2,1-4H3. The maximum atomic E-state index is 10.2. The van der Waals surface area contributed by atoms with Crippen LogP contribution in [0.25, 0.3) is 0 Å². The highest BCUT2D eigenvalue weighted by atomic mass is 16.5. The molecule has 3 heteroatoms. The molecule has 1 aromatic rings. The Morgan fingerprint density at radius 2 is 1.95 bits per heavy atom. The summed E-state index contributed by atoms with van der Waals surface area (Å²) in [5, 5.41) is 13.6. The monoisotopic (exact) mass is 265 g/mol. The molecule has 1 aromatic carbocycles. The van der Waals surface area contributed by atoms with Crippen molar-refractivity contribution in [3.05, 3.63) is 29.8 Å². The molecule has 2 N–H and O–H groups in total. The third kappa shape index (κ3) is 5.62. The predicted molar refractivity (Wildman–Crippen MR) is 79.4 cm³/mol. The number of rotatable bonds is 8. The number of ether oxygens (including phenoxy) is 1. The van der Waals surface area contributed by atoms with E-state index in [1.165, 1.54) is 5.56 Å². The zero-order chi connectivity index (χ0) is 14.3. The summed E-state index contributed by atoms with van der Waals surface area (Å²) < 4.78 is 5.72. The van der Waals surface area contributed by atoms with Gasteiger partial charge >= 0.3 is 0 Å². The maximum absolute atomic E-state index is 10.2. The lowest BCUT2D eigenvalue weighted by Crippen LogP contribution is -2.34. The van der Waals surface area contributed by atoms with Crippen LogP contribution in [0.5, 0.6) is 5.75 Å². The molecule has 19 heavy (non-hydrogen) atoms. The van der Waals surface area contributed by atoms with Crippen LogP contribution in [0, 0.1) is 0 Å². The Balaban J connectivity index is 2.57. The SMILES string of the molecule is CCC(O)(CC)COc1cccc(CNC(C)C)c1. The van der Waals surface area contributed by atoms with E-state index in [4.69, 9.17) is 4.74 Å². The molecule has 0 amide bonds. The molecule has 0 bridgehead atoms. The van der Waals surface area contributed by atoms with Crippen LogP contribution in [0.4, 0.5) is 0 Å². The molecule has 1 rings (SSSR count). The van der Waals surface area contributed by atoms with Crippen LogP contribution >= 0.6 is 0 Å². The van der Waals surface area contributed by atoms with Crippen molar-refractivity contribution in [2.24, 2.45) is 0 Å². The maximum Gasteiger partial charge on any atom is 0.119 e. The summed E-state index contributed by atoms with van der Waals surface area (Å²) >= 11 is 0. The van der Waals surface area contributed by atoms with Crippen LogP contribution in [0.15, 0.2) is 24.3 Å². The molecule has 0 atom stereocenters. The highest BCUT2D eigenvalue weighted by Gasteiger charge is 2.22. The molecule has 0 spiro atoms. The van der Waals surface area contributed by atoms with Crippen LogP contribution in [0.2, 0.25) is 0 Å². The van der Waals surface area contributed by atoms with Crippen molar-refractivity contribution in [1.82, 2.24) is 5.32 Å². The fourth-order valence-corrected chi connectivity index (χ4v) is 1.74. The van der Waals surface area contributed by atoms with E-state index in [1.54, 1.807) is 0 Å². The fourth-order valence-electron chi connectivity index (χ4n) is 1.74. The largest absolute Gasteiger partial charge is 0.491 e. The van der Waals surface area contributed by atoms with E-state index in [2.05, 4.69) is 25.2 Å². The van der Waals surface area contributed by atoms with Gasteiger partial charge in [0.1, 0.15) is 12.4 Å². The van der Waals surface area contributed by atoms with Crippen molar-refractivity contribution < 1.29 is 9.84 Å². The minimum absolute atomic E-state index is 0.348. The zero-order valence-corrected chi connectivity index (χ0v) is 12.6. The molecule has 0 unspecified atom stereocenters. The molecule has 0 heterocycles. The van der Waals surface area contributed by atoms with Gasteiger partial charge in [0.2, 0.25) is 0 Å². The molecule has 0 aliphatic heterocycles. The summed E-state index contributed by atoms with van der Waals surface area (Å²) in [7, 11) is 0. The minimum atomic E-state index is -0.716. The van der Waals surface area contributed by atoms with Gasteiger partial charge in [-0.15, -0.1) is 0 Å². The smallest absolute Gasteiger partial charge is 0.119 e. The average molecular weight is 265 g/mol. The molecule has 0 aliphatic carbocycles. The third-order valence-corrected chi connectivity index (χ3v) is 3.44. The number of benzene rings is 1. The summed E-state index contributed by atoms with van der Waals surface area (Å²) in [5.74, 6) is 0.823. The normalized spacial score (nSPS) is 11.9. The van der Waals surface area contributed by atoms with Crippen LogP contribution < -0.4 is 10.1 Å².